The Morgan fingerprint density at radius 3 is 2.60 bits per heavy atom. The van der Waals surface area contributed by atoms with Crippen molar-refractivity contribution in [3.8, 4) is 21.4 Å². The number of thiazole rings is 1. The third-order valence-electron chi connectivity index (χ3n) is 5.94. The van der Waals surface area contributed by atoms with Gasteiger partial charge in [0.15, 0.2) is 0 Å². The Kier molecular flexibility index (Phi) is 6.53. The van der Waals surface area contributed by atoms with Crippen LogP contribution in [0.5, 0.6) is 10.9 Å². The van der Waals surface area contributed by atoms with Crippen LogP contribution < -0.4 is 14.8 Å². The minimum absolute atomic E-state index is 0.565. The summed E-state index contributed by atoms with van der Waals surface area (Å²) in [6, 6.07) is 12.7. The number of anilines is 1. The largest absolute Gasteiger partial charge is 0.495 e. The molecule has 0 bridgehead atoms. The molecule has 0 saturated heterocycles. The minimum Gasteiger partial charge on any atom is -0.495 e. The molecule has 3 aromatic rings. The first-order chi connectivity index (χ1) is 14.7. The first-order valence-electron chi connectivity index (χ1n) is 10.5. The molecule has 0 atom stereocenters. The molecule has 1 saturated carbocycles. The van der Waals surface area contributed by atoms with Gasteiger partial charge in [-0.3, -0.25) is 4.98 Å². The molecule has 30 heavy (non-hydrogen) atoms. The van der Waals surface area contributed by atoms with Gasteiger partial charge in [0.25, 0.3) is 5.19 Å². The number of rotatable bonds is 7. The van der Waals surface area contributed by atoms with E-state index in [1.165, 1.54) is 36.9 Å². The number of hydrogen-bond acceptors (Lipinski definition) is 6. The van der Waals surface area contributed by atoms with Crippen molar-refractivity contribution in [3.63, 3.8) is 0 Å². The molecular weight excluding hydrogens is 394 g/mol. The lowest BCUT2D eigenvalue weighted by atomic mass is 9.80. The van der Waals surface area contributed by atoms with Crippen molar-refractivity contribution in [2.45, 2.75) is 38.5 Å². The standard InChI is InChI=1S/C24H29N3O2S/c1-16-22(28-2)12-11-21(27-16)18-9-7-17(8-10-18)14-25-20-6-4-5-19(13-20)23-15-26-24(29-3)30-23/h4-6,11-13,15,17-18,25H,7-10,14H2,1-3H3. The molecule has 0 aliphatic heterocycles. The van der Waals surface area contributed by atoms with Gasteiger partial charge in [0, 0.05) is 30.0 Å². The van der Waals surface area contributed by atoms with Gasteiger partial charge < -0.3 is 14.8 Å². The first-order valence-corrected chi connectivity index (χ1v) is 11.3. The van der Waals surface area contributed by atoms with E-state index < -0.39 is 0 Å². The number of ether oxygens (including phenoxy) is 2. The summed E-state index contributed by atoms with van der Waals surface area (Å²) in [5.41, 5.74) is 4.53. The molecule has 1 fully saturated rings. The number of aryl methyl sites for hydroxylation is 1. The summed E-state index contributed by atoms with van der Waals surface area (Å²) in [7, 11) is 3.35. The van der Waals surface area contributed by atoms with Gasteiger partial charge in [0.1, 0.15) is 5.75 Å². The van der Waals surface area contributed by atoms with Gasteiger partial charge in [-0.25, -0.2) is 4.98 Å². The van der Waals surface area contributed by atoms with E-state index in [4.69, 9.17) is 14.5 Å². The van der Waals surface area contributed by atoms with Crippen LogP contribution in [0.15, 0.2) is 42.6 Å². The van der Waals surface area contributed by atoms with Crippen LogP contribution in [0.2, 0.25) is 0 Å². The van der Waals surface area contributed by atoms with Crippen LogP contribution >= 0.6 is 11.3 Å². The van der Waals surface area contributed by atoms with Gasteiger partial charge >= 0.3 is 0 Å². The van der Waals surface area contributed by atoms with Gasteiger partial charge in [-0.15, -0.1) is 0 Å². The minimum atomic E-state index is 0.565. The lowest BCUT2D eigenvalue weighted by molar-refractivity contribution is 0.334. The van der Waals surface area contributed by atoms with Crippen LogP contribution in [0.25, 0.3) is 10.4 Å². The maximum Gasteiger partial charge on any atom is 0.273 e. The number of nitrogens with one attached hydrogen (secondary N) is 1. The Bertz CT molecular complexity index is 980. The average molecular weight is 424 g/mol. The highest BCUT2D eigenvalue weighted by molar-refractivity contribution is 7.16. The Balaban J connectivity index is 1.31. The topological polar surface area (TPSA) is 56.3 Å². The molecule has 1 N–H and O–H groups in total. The second kappa shape index (κ2) is 9.47. The van der Waals surface area contributed by atoms with E-state index in [-0.39, 0.29) is 0 Å². The van der Waals surface area contributed by atoms with Crippen LogP contribution in [0, 0.1) is 12.8 Å². The third-order valence-corrected chi connectivity index (χ3v) is 6.95. The molecule has 2 heterocycles. The predicted octanol–water partition coefficient (Wildman–Crippen LogP) is 5.92. The zero-order valence-electron chi connectivity index (χ0n) is 17.9. The van der Waals surface area contributed by atoms with Gasteiger partial charge in [-0.2, -0.15) is 0 Å². The summed E-state index contributed by atoms with van der Waals surface area (Å²) in [5.74, 6) is 2.14. The van der Waals surface area contributed by atoms with Crippen molar-refractivity contribution < 1.29 is 9.47 Å². The van der Waals surface area contributed by atoms with Crippen molar-refractivity contribution in [1.82, 2.24) is 9.97 Å². The van der Waals surface area contributed by atoms with E-state index in [1.807, 2.05) is 13.1 Å². The summed E-state index contributed by atoms with van der Waals surface area (Å²) >= 11 is 1.57. The number of methoxy groups -OCH3 is 2. The Morgan fingerprint density at radius 2 is 1.90 bits per heavy atom. The molecule has 1 aliphatic carbocycles. The highest BCUT2D eigenvalue weighted by Gasteiger charge is 2.23. The molecule has 6 heteroatoms. The number of hydrogen-bond donors (Lipinski definition) is 1. The summed E-state index contributed by atoms with van der Waals surface area (Å²) in [6.07, 6.45) is 6.74. The second-order valence-corrected chi connectivity index (χ2v) is 8.89. The van der Waals surface area contributed by atoms with Crippen LogP contribution in [0.4, 0.5) is 5.69 Å². The van der Waals surface area contributed by atoms with Crippen LogP contribution in [-0.4, -0.2) is 30.7 Å². The molecule has 0 amide bonds. The lowest BCUT2D eigenvalue weighted by Gasteiger charge is -2.29. The smallest absolute Gasteiger partial charge is 0.273 e. The molecule has 0 radical (unpaired) electrons. The molecule has 158 valence electrons. The summed E-state index contributed by atoms with van der Waals surface area (Å²) < 4.78 is 10.6. The monoisotopic (exact) mass is 423 g/mol. The van der Waals surface area contributed by atoms with Crippen molar-refractivity contribution in [1.29, 1.82) is 0 Å². The molecule has 1 aliphatic rings. The zero-order valence-corrected chi connectivity index (χ0v) is 18.7. The molecule has 0 spiro atoms. The van der Waals surface area contributed by atoms with Crippen LogP contribution in [0.3, 0.4) is 0 Å². The van der Waals surface area contributed by atoms with Crippen LogP contribution in [-0.2, 0) is 0 Å². The zero-order chi connectivity index (χ0) is 20.9. The van der Waals surface area contributed by atoms with Gasteiger partial charge in [-0.1, -0.05) is 23.5 Å². The van der Waals surface area contributed by atoms with Gasteiger partial charge in [0.2, 0.25) is 0 Å². The SMILES string of the molecule is COc1ncc(-c2cccc(NCC3CCC(c4ccc(OC)c(C)n4)CC3)c2)s1. The van der Waals surface area contributed by atoms with E-state index in [1.54, 1.807) is 25.6 Å². The number of nitrogens with zero attached hydrogens (tertiary/aromatic N) is 2. The predicted molar refractivity (Wildman–Crippen MR) is 123 cm³/mol. The Hall–Kier alpha value is -2.60. The highest BCUT2D eigenvalue weighted by atomic mass is 32.1. The average Bonchev–Trinajstić information content (AvgIpc) is 3.28. The number of aromatic nitrogens is 2. The normalized spacial score (nSPS) is 18.8. The maximum atomic E-state index is 5.34. The Labute approximate surface area is 182 Å². The fourth-order valence-corrected chi connectivity index (χ4v) is 4.93. The molecule has 1 aromatic carbocycles. The molecule has 4 rings (SSSR count). The van der Waals surface area contributed by atoms with E-state index in [0.29, 0.717) is 17.0 Å². The fraction of sp³-hybridized carbons (Fsp3) is 0.417. The molecule has 2 aromatic heterocycles. The van der Waals surface area contributed by atoms with Gasteiger partial charge in [-0.05, 0) is 68.4 Å². The fourth-order valence-electron chi connectivity index (χ4n) is 4.20. The van der Waals surface area contributed by atoms with Crippen molar-refractivity contribution in [2.24, 2.45) is 5.92 Å². The van der Waals surface area contributed by atoms with E-state index >= 15 is 0 Å². The summed E-state index contributed by atoms with van der Waals surface area (Å²) in [5, 5.41) is 4.34. The highest BCUT2D eigenvalue weighted by Crippen LogP contribution is 2.36. The van der Waals surface area contributed by atoms with E-state index in [0.717, 1.165) is 28.6 Å². The maximum absolute atomic E-state index is 5.34. The molecule has 5 nitrogen and oxygen atoms in total. The molecule has 0 unspecified atom stereocenters. The summed E-state index contributed by atoms with van der Waals surface area (Å²) in [4.78, 5) is 10.2. The van der Waals surface area contributed by atoms with Crippen molar-refractivity contribution >= 4 is 17.0 Å². The third kappa shape index (κ3) is 4.75. The van der Waals surface area contributed by atoms with E-state index in [2.05, 4.69) is 46.7 Å². The quantitative estimate of drug-likeness (QED) is 0.511. The summed E-state index contributed by atoms with van der Waals surface area (Å²) in [6.45, 7) is 3.03. The van der Waals surface area contributed by atoms with Crippen molar-refractivity contribution in [2.75, 3.05) is 26.1 Å². The molecular formula is C24H29N3O2S. The van der Waals surface area contributed by atoms with Gasteiger partial charge in [0.05, 0.1) is 24.8 Å². The second-order valence-electron chi connectivity index (χ2n) is 7.90. The number of pyridine rings is 1. The number of benzene rings is 1. The Morgan fingerprint density at radius 1 is 1.07 bits per heavy atom. The first kappa shape index (κ1) is 20.7. The van der Waals surface area contributed by atoms with Crippen molar-refractivity contribution in [3.05, 3.63) is 54.0 Å². The van der Waals surface area contributed by atoms with E-state index in [9.17, 15) is 0 Å². The van der Waals surface area contributed by atoms with Crippen LogP contribution in [0.1, 0.15) is 43.0 Å². The lowest BCUT2D eigenvalue weighted by Crippen LogP contribution is -2.21.